The smallest absolute Gasteiger partial charge is 0.164 e. The molecule has 37 heavy (non-hydrogen) atoms. The zero-order chi connectivity index (χ0) is 25.3. The van der Waals surface area contributed by atoms with Crippen LogP contribution in [0.15, 0.2) is 121 Å². The van der Waals surface area contributed by atoms with Gasteiger partial charge in [0.15, 0.2) is 0 Å². The van der Waals surface area contributed by atoms with Crippen molar-refractivity contribution >= 4 is 31.8 Å². The minimum atomic E-state index is 0. The number of fused-ring (bicyclic) bond motifs is 2. The van der Waals surface area contributed by atoms with Gasteiger partial charge in [0.2, 0.25) is 0 Å². The Bertz CT molecular complexity index is 1390. The van der Waals surface area contributed by atoms with Crippen molar-refractivity contribution < 1.29 is 26.2 Å². The summed E-state index contributed by atoms with van der Waals surface area (Å²) in [5, 5.41) is 5.44. The van der Waals surface area contributed by atoms with E-state index in [4.69, 9.17) is 0 Å². The second-order valence-corrected chi connectivity index (χ2v) is 8.78. The normalized spacial score (nSPS) is 10.2. The third-order valence-electron chi connectivity index (χ3n) is 6.61. The fourth-order valence-corrected chi connectivity index (χ4v) is 4.74. The Hall–Kier alpha value is -2.80. The molecule has 6 rings (SSSR count). The van der Waals surface area contributed by atoms with Crippen LogP contribution in [0.1, 0.15) is 25.0 Å². The van der Waals surface area contributed by atoms with E-state index in [1.807, 2.05) is 16.8 Å². The molecule has 0 amide bonds. The maximum absolute atomic E-state index is 2.32. The van der Waals surface area contributed by atoms with Crippen molar-refractivity contribution in [1.82, 2.24) is 0 Å². The Balaban J connectivity index is 0.000000188. The molecule has 0 bridgehead atoms. The van der Waals surface area contributed by atoms with Crippen LogP contribution in [-0.4, -0.2) is 10.2 Å². The summed E-state index contributed by atoms with van der Waals surface area (Å²) in [5.74, 6) is 0. The molecule has 6 aromatic rings. The quantitative estimate of drug-likeness (QED) is 0.145. The largest absolute Gasteiger partial charge is 2.00 e. The molecule has 0 aliphatic carbocycles. The SMILES string of the molecule is CCc1cc2c(-c3ccccc3)cccc2[cH-]1.CCc1cc2c(-c3ccccc3)cccc2[cH-]1.C[SiH2].[Zr+2]. The zero-order valence-electron chi connectivity index (χ0n) is 22.2. The minimum Gasteiger partial charge on any atom is -0.164 e. The van der Waals surface area contributed by atoms with Gasteiger partial charge in [0.25, 0.3) is 0 Å². The third-order valence-corrected chi connectivity index (χ3v) is 6.61. The summed E-state index contributed by atoms with van der Waals surface area (Å²) >= 11 is 0. The molecule has 6 aromatic carbocycles. The molecule has 0 unspecified atom stereocenters. The fourth-order valence-electron chi connectivity index (χ4n) is 4.74. The first-order valence-corrected chi connectivity index (χ1v) is 14.4. The molecule has 0 saturated carbocycles. The molecular formula is C35H35SiZr. The van der Waals surface area contributed by atoms with Crippen molar-refractivity contribution in [3.05, 3.63) is 132 Å². The van der Waals surface area contributed by atoms with Gasteiger partial charge in [-0.05, 0) is 24.0 Å². The summed E-state index contributed by atoms with van der Waals surface area (Å²) in [5.41, 5.74) is 8.11. The van der Waals surface area contributed by atoms with Crippen molar-refractivity contribution in [3.63, 3.8) is 0 Å². The van der Waals surface area contributed by atoms with Crippen LogP contribution in [0, 0.1) is 0 Å². The molecule has 0 heterocycles. The third kappa shape index (κ3) is 6.75. The summed E-state index contributed by atoms with van der Waals surface area (Å²) in [6.45, 7) is 6.44. The van der Waals surface area contributed by atoms with Crippen LogP contribution >= 0.6 is 0 Å². The maximum atomic E-state index is 2.32. The summed E-state index contributed by atoms with van der Waals surface area (Å²) in [6, 6.07) is 43.5. The average molecular weight is 575 g/mol. The van der Waals surface area contributed by atoms with Gasteiger partial charge in [-0.3, -0.25) is 0 Å². The summed E-state index contributed by atoms with van der Waals surface area (Å²) in [4.78, 5) is 0. The number of aryl methyl sites for hydroxylation is 2. The zero-order valence-corrected chi connectivity index (χ0v) is 26.0. The van der Waals surface area contributed by atoms with Crippen LogP contribution in [0.5, 0.6) is 0 Å². The molecule has 1 radical (unpaired) electrons. The molecule has 183 valence electrons. The molecule has 2 heteroatoms. The van der Waals surface area contributed by atoms with Crippen LogP contribution in [0.25, 0.3) is 43.8 Å². The van der Waals surface area contributed by atoms with Gasteiger partial charge >= 0.3 is 26.2 Å². The average Bonchev–Trinajstić information content (AvgIpc) is 3.59. The van der Waals surface area contributed by atoms with Crippen molar-refractivity contribution in [3.8, 4) is 22.3 Å². The van der Waals surface area contributed by atoms with Crippen molar-refractivity contribution in [2.24, 2.45) is 0 Å². The van der Waals surface area contributed by atoms with Gasteiger partial charge in [0.05, 0.1) is 0 Å². The summed E-state index contributed by atoms with van der Waals surface area (Å²) in [6.07, 6.45) is 2.20. The fraction of sp³-hybridized carbons (Fsp3) is 0.143. The van der Waals surface area contributed by atoms with Gasteiger partial charge in [-0.2, -0.15) is 12.1 Å². The monoisotopic (exact) mass is 573 g/mol. The van der Waals surface area contributed by atoms with Crippen LogP contribution < -0.4 is 0 Å². The van der Waals surface area contributed by atoms with E-state index < -0.39 is 0 Å². The molecule has 0 atom stereocenters. The molecule has 0 aliphatic rings. The number of rotatable bonds is 4. The number of benzene rings is 4. The molecule has 0 aliphatic heterocycles. The second-order valence-electron chi connectivity index (χ2n) is 8.78. The summed E-state index contributed by atoms with van der Waals surface area (Å²) < 4.78 is 0. The maximum Gasteiger partial charge on any atom is 2.00 e. The Kier molecular flexibility index (Phi) is 11.1. The molecule has 0 saturated heterocycles. The van der Waals surface area contributed by atoms with E-state index in [-0.39, 0.29) is 26.2 Å². The van der Waals surface area contributed by atoms with Gasteiger partial charge in [-0.1, -0.05) is 104 Å². The Labute approximate surface area is 244 Å². The first kappa shape index (κ1) is 28.8. The van der Waals surface area contributed by atoms with E-state index >= 15 is 0 Å². The standard InChI is InChI=1S/2C17H15.CH5Si.Zr/c2*1-2-13-11-15-9-6-10-16(17(15)12-13)14-7-4-3-5-8-14;1-2;/h2*3-12H,2H2,1H3;2H2,1H3;/q2*-1;;+2. The van der Waals surface area contributed by atoms with Crippen LogP contribution in [0.4, 0.5) is 0 Å². The van der Waals surface area contributed by atoms with Gasteiger partial charge in [-0.15, -0.1) is 69.1 Å². The van der Waals surface area contributed by atoms with Crippen LogP contribution in [-0.2, 0) is 39.0 Å². The van der Waals surface area contributed by atoms with Crippen molar-refractivity contribution in [2.45, 2.75) is 33.2 Å². The summed E-state index contributed by atoms with van der Waals surface area (Å²) in [7, 11) is 1.86. The Morgan fingerprint density at radius 1 is 0.514 bits per heavy atom. The van der Waals surface area contributed by atoms with Crippen LogP contribution in [0.2, 0.25) is 6.55 Å². The Morgan fingerprint density at radius 2 is 0.892 bits per heavy atom. The Morgan fingerprint density at radius 3 is 1.24 bits per heavy atom. The van der Waals surface area contributed by atoms with Crippen molar-refractivity contribution in [1.29, 1.82) is 0 Å². The first-order chi connectivity index (χ1) is 17.8. The predicted molar refractivity (Wildman–Crippen MR) is 163 cm³/mol. The van der Waals surface area contributed by atoms with Gasteiger partial charge < -0.3 is 0 Å². The number of hydrogen-bond acceptors (Lipinski definition) is 0. The number of hydrogen-bond donors (Lipinski definition) is 0. The predicted octanol–water partition coefficient (Wildman–Crippen LogP) is 9.24. The van der Waals surface area contributed by atoms with Crippen molar-refractivity contribution in [2.75, 3.05) is 0 Å². The van der Waals surface area contributed by atoms with E-state index in [9.17, 15) is 0 Å². The minimum absolute atomic E-state index is 0. The van der Waals surface area contributed by atoms with Crippen LogP contribution in [0.3, 0.4) is 0 Å². The van der Waals surface area contributed by atoms with E-state index in [1.165, 1.54) is 54.9 Å². The van der Waals surface area contributed by atoms with E-state index in [0.717, 1.165) is 12.8 Å². The molecular weight excluding hydrogens is 540 g/mol. The topological polar surface area (TPSA) is 0 Å². The molecule has 0 spiro atoms. The van der Waals surface area contributed by atoms with E-state index in [0.29, 0.717) is 0 Å². The van der Waals surface area contributed by atoms with E-state index in [1.54, 1.807) is 0 Å². The molecule has 0 aromatic heterocycles. The molecule has 0 nitrogen and oxygen atoms in total. The molecule has 0 N–H and O–H groups in total. The molecule has 0 fully saturated rings. The first-order valence-electron chi connectivity index (χ1n) is 12.9. The second kappa shape index (κ2) is 14.2. The van der Waals surface area contributed by atoms with Gasteiger partial charge in [0.1, 0.15) is 0 Å². The van der Waals surface area contributed by atoms with E-state index in [2.05, 4.69) is 135 Å². The van der Waals surface area contributed by atoms with Gasteiger partial charge in [-0.25, -0.2) is 0 Å². The van der Waals surface area contributed by atoms with Gasteiger partial charge in [0, 0.05) is 10.2 Å².